The van der Waals surface area contributed by atoms with E-state index in [0.29, 0.717) is 22.5 Å². The van der Waals surface area contributed by atoms with Crippen molar-refractivity contribution in [2.45, 2.75) is 6.23 Å². The number of aromatic carboxylic acids is 1. The van der Waals surface area contributed by atoms with Gasteiger partial charge in [0.25, 0.3) is 0 Å². The minimum atomic E-state index is -1.04. The number of carboxylic acid groups (broad SMARTS) is 1. The van der Waals surface area contributed by atoms with Gasteiger partial charge in [-0.05, 0) is 24.3 Å². The fraction of sp³-hybridized carbons (Fsp3) is 0.0455. The molecule has 4 aromatic rings. The Morgan fingerprint density at radius 2 is 1.61 bits per heavy atom. The second kappa shape index (κ2) is 6.06. The molecule has 1 N–H and O–H groups in total. The Morgan fingerprint density at radius 1 is 0.929 bits per heavy atom. The fourth-order valence-electron chi connectivity index (χ4n) is 3.65. The second-order valence-corrected chi connectivity index (χ2v) is 6.49. The van der Waals surface area contributed by atoms with Gasteiger partial charge in [0.05, 0.1) is 22.2 Å². The number of carboxylic acids is 1. The highest BCUT2D eigenvalue weighted by Gasteiger charge is 2.35. The summed E-state index contributed by atoms with van der Waals surface area (Å²) in [6, 6.07) is 21.3. The van der Waals surface area contributed by atoms with Crippen LogP contribution in [0, 0.1) is 0 Å². The maximum absolute atomic E-state index is 12.4. The molecule has 0 radical (unpaired) electrons. The number of carbonyl (C=O) groups excluding carboxylic acids is 1. The van der Waals surface area contributed by atoms with Crippen LogP contribution in [0.5, 0.6) is 0 Å². The van der Waals surface area contributed by atoms with E-state index in [0.717, 1.165) is 11.1 Å². The van der Waals surface area contributed by atoms with Crippen LogP contribution in [0.2, 0.25) is 0 Å². The van der Waals surface area contributed by atoms with Crippen molar-refractivity contribution in [1.29, 1.82) is 0 Å². The zero-order chi connectivity index (χ0) is 19.3. The van der Waals surface area contributed by atoms with Crippen LogP contribution in [-0.2, 0) is 4.74 Å². The summed E-state index contributed by atoms with van der Waals surface area (Å²) < 4.78 is 7.48. The average Bonchev–Trinajstić information content (AvgIpc) is 3.26. The first-order chi connectivity index (χ1) is 13.6. The standard InChI is InChI=1S/C22H14N2O4/c25-21(26)15-9-3-1-7-13(15)19-23-17-11-5-6-12-18(17)24(19)20-14-8-2-4-10-16(14)22(27)28-20/h1-12,20H,(H,25,26)/t20-/m0/s1. The van der Waals surface area contributed by atoms with Crippen LogP contribution in [0.4, 0.5) is 0 Å². The largest absolute Gasteiger partial charge is 0.478 e. The molecule has 0 spiro atoms. The van der Waals surface area contributed by atoms with Crippen molar-refractivity contribution in [1.82, 2.24) is 9.55 Å². The van der Waals surface area contributed by atoms with E-state index in [1.807, 2.05) is 36.4 Å². The lowest BCUT2D eigenvalue weighted by Crippen LogP contribution is -2.13. The van der Waals surface area contributed by atoms with E-state index in [9.17, 15) is 14.7 Å². The number of fused-ring (bicyclic) bond motifs is 2. The summed E-state index contributed by atoms with van der Waals surface area (Å²) in [5.74, 6) is -1.01. The number of para-hydroxylation sites is 2. The Balaban J connectivity index is 1.83. The van der Waals surface area contributed by atoms with E-state index < -0.39 is 18.2 Å². The van der Waals surface area contributed by atoms with Gasteiger partial charge in [-0.25, -0.2) is 14.6 Å². The molecule has 0 saturated heterocycles. The summed E-state index contributed by atoms with van der Waals surface area (Å²) in [6.45, 7) is 0. The number of carbonyl (C=O) groups is 2. The molecule has 28 heavy (non-hydrogen) atoms. The molecule has 3 aromatic carbocycles. The van der Waals surface area contributed by atoms with E-state index in [4.69, 9.17) is 4.74 Å². The highest BCUT2D eigenvalue weighted by Crippen LogP contribution is 2.38. The lowest BCUT2D eigenvalue weighted by molar-refractivity contribution is 0.0334. The van der Waals surface area contributed by atoms with Gasteiger partial charge in [-0.2, -0.15) is 0 Å². The van der Waals surface area contributed by atoms with E-state index in [1.54, 1.807) is 34.9 Å². The topological polar surface area (TPSA) is 81.4 Å². The van der Waals surface area contributed by atoms with Gasteiger partial charge in [0.1, 0.15) is 5.82 Å². The highest BCUT2D eigenvalue weighted by atomic mass is 16.6. The number of nitrogens with zero attached hydrogens (tertiary/aromatic N) is 2. The van der Waals surface area contributed by atoms with Gasteiger partial charge in [0, 0.05) is 11.1 Å². The number of rotatable bonds is 3. The zero-order valence-corrected chi connectivity index (χ0v) is 14.6. The van der Waals surface area contributed by atoms with Crippen molar-refractivity contribution in [3.05, 3.63) is 89.5 Å². The molecular weight excluding hydrogens is 356 g/mol. The Kier molecular flexibility index (Phi) is 3.52. The van der Waals surface area contributed by atoms with Gasteiger partial charge >= 0.3 is 11.9 Å². The third-order valence-electron chi connectivity index (χ3n) is 4.89. The van der Waals surface area contributed by atoms with Gasteiger partial charge in [-0.15, -0.1) is 0 Å². The number of hydrogen-bond donors (Lipinski definition) is 1. The van der Waals surface area contributed by atoms with Gasteiger partial charge in [0.15, 0.2) is 0 Å². The van der Waals surface area contributed by atoms with Crippen LogP contribution in [0.3, 0.4) is 0 Å². The van der Waals surface area contributed by atoms with Crippen molar-refractivity contribution in [3.8, 4) is 11.4 Å². The lowest BCUT2D eigenvalue weighted by atomic mass is 10.1. The number of cyclic esters (lactones) is 1. The van der Waals surface area contributed by atoms with Crippen molar-refractivity contribution < 1.29 is 19.4 Å². The molecule has 1 aromatic heterocycles. The first-order valence-electron chi connectivity index (χ1n) is 8.75. The maximum Gasteiger partial charge on any atom is 0.340 e. The van der Waals surface area contributed by atoms with Crippen LogP contribution in [-0.4, -0.2) is 26.6 Å². The van der Waals surface area contributed by atoms with Crippen molar-refractivity contribution in [2.24, 2.45) is 0 Å². The van der Waals surface area contributed by atoms with E-state index >= 15 is 0 Å². The van der Waals surface area contributed by atoms with Crippen LogP contribution in [0.1, 0.15) is 32.5 Å². The SMILES string of the molecule is O=C(O)c1ccccc1-c1nc2ccccc2n1[C@H]1OC(=O)c2ccccc21. The molecule has 6 heteroatoms. The summed E-state index contributed by atoms with van der Waals surface area (Å²) >= 11 is 0. The van der Waals surface area contributed by atoms with Gasteiger partial charge in [-0.3, -0.25) is 4.57 Å². The summed E-state index contributed by atoms with van der Waals surface area (Å²) in [6.07, 6.45) is -0.715. The molecule has 1 atom stereocenters. The van der Waals surface area contributed by atoms with E-state index in [1.165, 1.54) is 6.07 Å². The number of aromatic nitrogens is 2. The highest BCUT2D eigenvalue weighted by molar-refractivity contribution is 5.97. The van der Waals surface area contributed by atoms with Gasteiger partial charge < -0.3 is 9.84 Å². The first-order valence-corrected chi connectivity index (χ1v) is 8.75. The average molecular weight is 370 g/mol. The molecular formula is C22H14N2O4. The molecule has 0 amide bonds. The molecule has 5 rings (SSSR count). The predicted octanol–water partition coefficient (Wildman–Crippen LogP) is 4.12. The second-order valence-electron chi connectivity index (χ2n) is 6.49. The minimum absolute atomic E-state index is 0.136. The van der Waals surface area contributed by atoms with Crippen molar-refractivity contribution in [3.63, 3.8) is 0 Å². The molecule has 0 aliphatic carbocycles. The first kappa shape index (κ1) is 16.3. The molecule has 1 aliphatic heterocycles. The summed E-state index contributed by atoms with van der Waals surface area (Å²) in [7, 11) is 0. The lowest BCUT2D eigenvalue weighted by Gasteiger charge is -2.17. The molecule has 0 bridgehead atoms. The van der Waals surface area contributed by atoms with Gasteiger partial charge in [-0.1, -0.05) is 48.5 Å². The van der Waals surface area contributed by atoms with Crippen molar-refractivity contribution >= 4 is 23.0 Å². The molecule has 136 valence electrons. The van der Waals surface area contributed by atoms with E-state index in [-0.39, 0.29) is 5.56 Å². The zero-order valence-electron chi connectivity index (χ0n) is 14.6. The Bertz CT molecular complexity index is 1260. The third-order valence-corrected chi connectivity index (χ3v) is 4.89. The van der Waals surface area contributed by atoms with Gasteiger partial charge in [0.2, 0.25) is 6.23 Å². The quantitative estimate of drug-likeness (QED) is 0.549. The van der Waals surface area contributed by atoms with Crippen LogP contribution < -0.4 is 0 Å². The number of ether oxygens (including phenoxy) is 1. The number of esters is 1. The Labute approximate surface area is 159 Å². The van der Waals surface area contributed by atoms with Crippen LogP contribution >= 0.6 is 0 Å². The molecule has 6 nitrogen and oxygen atoms in total. The van der Waals surface area contributed by atoms with Crippen molar-refractivity contribution in [2.75, 3.05) is 0 Å². The number of benzene rings is 3. The summed E-state index contributed by atoms with van der Waals surface area (Å²) in [5, 5.41) is 9.64. The fourth-order valence-corrected chi connectivity index (χ4v) is 3.65. The van der Waals surface area contributed by atoms with Crippen LogP contribution in [0.25, 0.3) is 22.4 Å². The summed E-state index contributed by atoms with van der Waals surface area (Å²) in [4.78, 5) is 28.8. The molecule has 1 aliphatic rings. The maximum atomic E-state index is 12.4. The molecule has 2 heterocycles. The monoisotopic (exact) mass is 370 g/mol. The smallest absolute Gasteiger partial charge is 0.340 e. The molecule has 0 fully saturated rings. The molecule has 0 unspecified atom stereocenters. The van der Waals surface area contributed by atoms with E-state index in [2.05, 4.69) is 4.98 Å². The predicted molar refractivity (Wildman–Crippen MR) is 102 cm³/mol. The normalized spacial score (nSPS) is 15.4. The Morgan fingerprint density at radius 3 is 2.43 bits per heavy atom. The minimum Gasteiger partial charge on any atom is -0.478 e. The number of imidazole rings is 1. The Hall–Kier alpha value is -3.93. The molecule has 0 saturated carbocycles. The summed E-state index contributed by atoms with van der Waals surface area (Å²) in [5.41, 5.74) is 3.28. The number of hydrogen-bond acceptors (Lipinski definition) is 4. The third kappa shape index (κ3) is 2.31. The van der Waals surface area contributed by atoms with Crippen LogP contribution in [0.15, 0.2) is 72.8 Å².